The van der Waals surface area contributed by atoms with Crippen LogP contribution in [-0.4, -0.2) is 46.7 Å². The largest absolute Gasteiger partial charge is 0.378 e. The molecule has 0 radical (unpaired) electrons. The van der Waals surface area contributed by atoms with Gasteiger partial charge < -0.3 is 15.0 Å². The van der Waals surface area contributed by atoms with Crippen LogP contribution in [0.15, 0.2) is 60.7 Å². The number of hydrogen-bond acceptors (Lipinski definition) is 4. The highest BCUT2D eigenvalue weighted by molar-refractivity contribution is 6.42. The summed E-state index contributed by atoms with van der Waals surface area (Å²) in [5.41, 5.74) is 3.66. The number of benzene rings is 3. The molecular weight excluding hydrogens is 483 g/mol. The van der Waals surface area contributed by atoms with Gasteiger partial charge in [0.05, 0.1) is 40.0 Å². The Morgan fingerprint density at radius 1 is 0.939 bits per heavy atom. The summed E-state index contributed by atoms with van der Waals surface area (Å²) in [7, 11) is 0. The third kappa shape index (κ3) is 4.52. The van der Waals surface area contributed by atoms with Gasteiger partial charge in [-0.25, -0.2) is 4.98 Å². The first kappa shape index (κ1) is 22.0. The van der Waals surface area contributed by atoms with Crippen LogP contribution < -0.4 is 5.32 Å². The molecule has 5 rings (SSSR count). The van der Waals surface area contributed by atoms with Crippen molar-refractivity contribution >= 4 is 63.4 Å². The lowest BCUT2D eigenvalue weighted by molar-refractivity contribution is 0.0303. The molecule has 1 aliphatic heterocycles. The van der Waals surface area contributed by atoms with Crippen molar-refractivity contribution in [1.82, 2.24) is 14.5 Å². The molecule has 168 valence electrons. The first-order chi connectivity index (χ1) is 16.0. The minimum Gasteiger partial charge on any atom is -0.378 e. The normalized spacial score (nSPS) is 14.0. The maximum Gasteiger partial charge on any atom is 0.254 e. The molecule has 1 fully saturated rings. The second kappa shape index (κ2) is 9.23. The molecule has 1 aliphatic rings. The van der Waals surface area contributed by atoms with Crippen LogP contribution in [0.4, 0.5) is 11.6 Å². The molecule has 1 aromatic heterocycles. The molecule has 6 nitrogen and oxygen atoms in total. The van der Waals surface area contributed by atoms with Crippen molar-refractivity contribution in [1.29, 1.82) is 0 Å². The van der Waals surface area contributed by atoms with Crippen LogP contribution in [-0.2, 0) is 4.74 Å². The SMILES string of the molecule is O=C(c1ccc2c(c1)nc(Nc1ccc(Cl)c(Cl)c1)n2-c1cccc(Cl)c1)N1CCOCC1. The first-order valence-electron chi connectivity index (χ1n) is 10.4. The van der Waals surface area contributed by atoms with E-state index in [2.05, 4.69) is 5.32 Å². The third-order valence-electron chi connectivity index (χ3n) is 5.44. The number of fused-ring (bicyclic) bond motifs is 1. The highest BCUT2D eigenvalue weighted by Crippen LogP contribution is 2.31. The molecular formula is C24H19Cl3N4O2. The van der Waals surface area contributed by atoms with E-state index >= 15 is 0 Å². The predicted octanol–water partition coefficient (Wildman–Crippen LogP) is 6.20. The minimum absolute atomic E-state index is 0.0310. The number of nitrogens with zero attached hydrogens (tertiary/aromatic N) is 3. The zero-order valence-corrected chi connectivity index (χ0v) is 19.7. The lowest BCUT2D eigenvalue weighted by Crippen LogP contribution is -2.40. The topological polar surface area (TPSA) is 59.4 Å². The summed E-state index contributed by atoms with van der Waals surface area (Å²) >= 11 is 18.5. The van der Waals surface area contributed by atoms with Gasteiger partial charge in [0.1, 0.15) is 0 Å². The Bertz CT molecular complexity index is 1350. The number of aromatic nitrogens is 2. The summed E-state index contributed by atoms with van der Waals surface area (Å²) in [5, 5.41) is 4.82. The number of carbonyl (C=O) groups excluding carboxylic acids is 1. The van der Waals surface area contributed by atoms with Crippen LogP contribution in [0.2, 0.25) is 15.1 Å². The zero-order chi connectivity index (χ0) is 22.9. The maximum absolute atomic E-state index is 13.0. The quantitative estimate of drug-likeness (QED) is 0.362. The van der Waals surface area contributed by atoms with Crippen molar-refractivity contribution in [3.8, 4) is 5.69 Å². The van der Waals surface area contributed by atoms with E-state index in [0.717, 1.165) is 16.9 Å². The van der Waals surface area contributed by atoms with Gasteiger partial charge in [-0.2, -0.15) is 0 Å². The van der Waals surface area contributed by atoms with Crippen LogP contribution >= 0.6 is 34.8 Å². The van der Waals surface area contributed by atoms with Gasteiger partial charge >= 0.3 is 0 Å². The van der Waals surface area contributed by atoms with Crippen molar-refractivity contribution in [3.63, 3.8) is 0 Å². The van der Waals surface area contributed by atoms with Gasteiger partial charge in [-0.05, 0) is 54.6 Å². The average molecular weight is 502 g/mol. The molecule has 3 aromatic carbocycles. The smallest absolute Gasteiger partial charge is 0.254 e. The lowest BCUT2D eigenvalue weighted by atomic mass is 10.1. The molecule has 0 aliphatic carbocycles. The number of hydrogen-bond donors (Lipinski definition) is 1. The average Bonchev–Trinajstić information content (AvgIpc) is 3.18. The molecule has 0 unspecified atom stereocenters. The second-order valence-corrected chi connectivity index (χ2v) is 8.86. The number of amides is 1. The van der Waals surface area contributed by atoms with Crippen LogP contribution in [0, 0.1) is 0 Å². The number of anilines is 2. The standard InChI is InChI=1S/C24H19Cl3N4O2/c25-16-2-1-3-18(13-16)31-22-7-4-15(23(32)30-8-10-33-11-9-30)12-21(22)29-24(31)28-17-5-6-19(26)20(27)14-17/h1-7,12-14H,8-11H2,(H,28,29). The van der Waals surface area contributed by atoms with Gasteiger partial charge in [-0.15, -0.1) is 0 Å². The number of imidazole rings is 1. The van der Waals surface area contributed by atoms with Gasteiger partial charge in [0.2, 0.25) is 5.95 Å². The van der Waals surface area contributed by atoms with Crippen molar-refractivity contribution in [2.24, 2.45) is 0 Å². The highest BCUT2D eigenvalue weighted by atomic mass is 35.5. The summed E-state index contributed by atoms with van der Waals surface area (Å²) in [6.45, 7) is 2.26. The molecule has 33 heavy (non-hydrogen) atoms. The molecule has 4 aromatic rings. The monoisotopic (exact) mass is 500 g/mol. The van der Waals surface area contributed by atoms with E-state index in [1.807, 2.05) is 53.1 Å². The molecule has 0 atom stereocenters. The number of ether oxygens (including phenoxy) is 1. The van der Waals surface area contributed by atoms with E-state index in [-0.39, 0.29) is 5.91 Å². The van der Waals surface area contributed by atoms with Crippen LogP contribution in [0.25, 0.3) is 16.7 Å². The number of rotatable bonds is 4. The molecule has 9 heteroatoms. The fraction of sp³-hybridized carbons (Fsp3) is 0.167. The highest BCUT2D eigenvalue weighted by Gasteiger charge is 2.21. The molecule has 0 saturated carbocycles. The van der Waals surface area contributed by atoms with E-state index in [1.165, 1.54) is 0 Å². The summed E-state index contributed by atoms with van der Waals surface area (Å²) < 4.78 is 7.31. The fourth-order valence-corrected chi connectivity index (χ4v) is 4.31. The summed E-state index contributed by atoms with van der Waals surface area (Å²) in [6, 6.07) is 18.3. The van der Waals surface area contributed by atoms with E-state index < -0.39 is 0 Å². The summed E-state index contributed by atoms with van der Waals surface area (Å²) in [5.74, 6) is 0.526. The predicted molar refractivity (Wildman–Crippen MR) is 133 cm³/mol. The van der Waals surface area contributed by atoms with Gasteiger partial charge in [-0.3, -0.25) is 9.36 Å². The molecule has 0 bridgehead atoms. The van der Waals surface area contributed by atoms with Gasteiger partial charge in [0.25, 0.3) is 5.91 Å². The van der Waals surface area contributed by atoms with Crippen LogP contribution in [0.3, 0.4) is 0 Å². The van der Waals surface area contributed by atoms with Gasteiger partial charge in [0, 0.05) is 29.4 Å². The maximum atomic E-state index is 13.0. The van der Waals surface area contributed by atoms with Gasteiger partial charge in [-0.1, -0.05) is 40.9 Å². The van der Waals surface area contributed by atoms with Crippen LogP contribution in [0.1, 0.15) is 10.4 Å². The molecule has 1 saturated heterocycles. The van der Waals surface area contributed by atoms with Crippen molar-refractivity contribution in [2.45, 2.75) is 0 Å². The Balaban J connectivity index is 1.60. The molecule has 1 amide bonds. The lowest BCUT2D eigenvalue weighted by Gasteiger charge is -2.26. The number of morpholine rings is 1. The second-order valence-electron chi connectivity index (χ2n) is 7.61. The van der Waals surface area contributed by atoms with Crippen molar-refractivity contribution in [2.75, 3.05) is 31.6 Å². The summed E-state index contributed by atoms with van der Waals surface area (Å²) in [4.78, 5) is 19.6. The third-order valence-corrected chi connectivity index (χ3v) is 6.42. The Morgan fingerprint density at radius 2 is 1.76 bits per heavy atom. The molecule has 2 heterocycles. The Kier molecular flexibility index (Phi) is 6.17. The van der Waals surface area contributed by atoms with E-state index in [1.54, 1.807) is 17.0 Å². The fourth-order valence-electron chi connectivity index (χ4n) is 3.83. The Hall–Kier alpha value is -2.77. The van der Waals surface area contributed by atoms with E-state index in [9.17, 15) is 4.79 Å². The molecule has 0 spiro atoms. The first-order valence-corrected chi connectivity index (χ1v) is 11.5. The number of nitrogens with one attached hydrogen (secondary N) is 1. The minimum atomic E-state index is -0.0310. The van der Waals surface area contributed by atoms with E-state index in [0.29, 0.717) is 58.4 Å². The number of carbonyl (C=O) groups is 1. The zero-order valence-electron chi connectivity index (χ0n) is 17.4. The van der Waals surface area contributed by atoms with Crippen molar-refractivity contribution in [3.05, 3.63) is 81.3 Å². The van der Waals surface area contributed by atoms with Crippen LogP contribution in [0.5, 0.6) is 0 Å². The summed E-state index contributed by atoms with van der Waals surface area (Å²) in [6.07, 6.45) is 0. The Morgan fingerprint density at radius 3 is 2.52 bits per heavy atom. The van der Waals surface area contributed by atoms with Gasteiger partial charge in [0.15, 0.2) is 0 Å². The van der Waals surface area contributed by atoms with E-state index in [4.69, 9.17) is 44.5 Å². The van der Waals surface area contributed by atoms with Crippen molar-refractivity contribution < 1.29 is 9.53 Å². The molecule has 1 N–H and O–H groups in total. The Labute approximate surface area is 205 Å². The number of halogens is 3.